The summed E-state index contributed by atoms with van der Waals surface area (Å²) in [5.41, 5.74) is 1.42. The maximum absolute atomic E-state index is 13.5. The van der Waals surface area contributed by atoms with Gasteiger partial charge in [0.1, 0.15) is 5.58 Å². The standard InChI is InChI=1S/C23H20ClNO4S/c1-30-16-7-4-13(5-8-16)20-19-21(26)17-11-14(24)6-9-18(17)29-22(19)23(27)25(20)12-15-3-2-10-28-15/h4-9,11,15,20H,2-3,10,12H2,1H3/t15-,20-/m0/s1. The molecule has 3 heterocycles. The molecule has 1 aromatic heterocycles. The highest BCUT2D eigenvalue weighted by Crippen LogP contribution is 2.39. The molecule has 0 aliphatic carbocycles. The summed E-state index contributed by atoms with van der Waals surface area (Å²) in [4.78, 5) is 29.7. The minimum absolute atomic E-state index is 0.0322. The number of thioether (sulfide) groups is 1. The summed E-state index contributed by atoms with van der Waals surface area (Å²) in [7, 11) is 0. The number of rotatable bonds is 4. The van der Waals surface area contributed by atoms with Crippen LogP contribution < -0.4 is 5.43 Å². The topological polar surface area (TPSA) is 59.8 Å². The molecule has 5 nitrogen and oxygen atoms in total. The van der Waals surface area contributed by atoms with Crippen LogP contribution in [0.1, 0.15) is 40.6 Å². The third-order valence-electron chi connectivity index (χ3n) is 5.78. The lowest BCUT2D eigenvalue weighted by Gasteiger charge is -2.27. The highest BCUT2D eigenvalue weighted by molar-refractivity contribution is 7.98. The van der Waals surface area contributed by atoms with Gasteiger partial charge in [-0.15, -0.1) is 11.8 Å². The molecule has 1 saturated heterocycles. The Bertz CT molecular complexity index is 1180. The molecule has 2 aromatic carbocycles. The molecule has 0 unspecified atom stereocenters. The first kappa shape index (κ1) is 19.7. The van der Waals surface area contributed by atoms with Crippen molar-refractivity contribution in [1.82, 2.24) is 4.90 Å². The second kappa shape index (κ2) is 7.76. The smallest absolute Gasteiger partial charge is 0.291 e. The van der Waals surface area contributed by atoms with Crippen molar-refractivity contribution in [2.45, 2.75) is 29.9 Å². The summed E-state index contributed by atoms with van der Waals surface area (Å²) >= 11 is 7.77. The van der Waals surface area contributed by atoms with Gasteiger partial charge in [0.2, 0.25) is 5.76 Å². The van der Waals surface area contributed by atoms with Crippen LogP contribution in [-0.2, 0) is 4.74 Å². The van der Waals surface area contributed by atoms with E-state index in [9.17, 15) is 9.59 Å². The average Bonchev–Trinajstić information content (AvgIpc) is 3.37. The average molecular weight is 442 g/mol. The fourth-order valence-corrected chi connectivity index (χ4v) is 4.90. The van der Waals surface area contributed by atoms with Gasteiger partial charge in [-0.05, 0) is 55.0 Å². The lowest BCUT2D eigenvalue weighted by Crippen LogP contribution is -2.36. The largest absolute Gasteiger partial charge is 0.450 e. The number of hydrogen-bond acceptors (Lipinski definition) is 5. The first-order chi connectivity index (χ1) is 14.6. The van der Waals surface area contributed by atoms with E-state index in [4.69, 9.17) is 20.8 Å². The van der Waals surface area contributed by atoms with Crippen LogP contribution in [0.3, 0.4) is 0 Å². The Morgan fingerprint density at radius 3 is 2.67 bits per heavy atom. The van der Waals surface area contributed by atoms with Crippen molar-refractivity contribution in [1.29, 1.82) is 0 Å². The van der Waals surface area contributed by atoms with Crippen LogP contribution in [-0.4, -0.2) is 36.3 Å². The van der Waals surface area contributed by atoms with Crippen molar-refractivity contribution in [2.24, 2.45) is 0 Å². The van der Waals surface area contributed by atoms with E-state index >= 15 is 0 Å². The van der Waals surface area contributed by atoms with Gasteiger partial charge in [0.15, 0.2) is 5.43 Å². The molecule has 5 rings (SSSR count). The summed E-state index contributed by atoms with van der Waals surface area (Å²) in [6.45, 7) is 1.13. The van der Waals surface area contributed by atoms with Crippen LogP contribution in [0.2, 0.25) is 5.02 Å². The summed E-state index contributed by atoms with van der Waals surface area (Å²) in [6, 6.07) is 12.3. The van der Waals surface area contributed by atoms with Crippen LogP contribution in [0.4, 0.5) is 0 Å². The Hall–Kier alpha value is -2.28. The maximum Gasteiger partial charge on any atom is 0.291 e. The molecule has 3 aromatic rings. The van der Waals surface area contributed by atoms with Crippen LogP contribution in [0, 0.1) is 0 Å². The fourth-order valence-electron chi connectivity index (χ4n) is 4.32. The van der Waals surface area contributed by atoms with Gasteiger partial charge in [-0.1, -0.05) is 23.7 Å². The molecule has 154 valence electrons. The summed E-state index contributed by atoms with van der Waals surface area (Å²) in [5, 5.41) is 0.843. The number of amides is 1. The summed E-state index contributed by atoms with van der Waals surface area (Å²) in [5.74, 6) is -0.153. The van der Waals surface area contributed by atoms with Gasteiger partial charge < -0.3 is 14.1 Å². The van der Waals surface area contributed by atoms with E-state index in [-0.39, 0.29) is 23.2 Å². The van der Waals surface area contributed by atoms with E-state index in [1.54, 1.807) is 34.9 Å². The second-order valence-electron chi connectivity index (χ2n) is 7.58. The van der Waals surface area contributed by atoms with Crippen molar-refractivity contribution in [3.05, 3.63) is 74.6 Å². The fraction of sp³-hybridized carbons (Fsp3) is 0.304. The molecule has 0 saturated carbocycles. The van der Waals surface area contributed by atoms with E-state index in [2.05, 4.69) is 0 Å². The van der Waals surface area contributed by atoms with Crippen molar-refractivity contribution in [2.75, 3.05) is 19.4 Å². The van der Waals surface area contributed by atoms with Crippen molar-refractivity contribution >= 4 is 40.2 Å². The van der Waals surface area contributed by atoms with Crippen LogP contribution >= 0.6 is 23.4 Å². The zero-order valence-electron chi connectivity index (χ0n) is 16.4. The van der Waals surface area contributed by atoms with Gasteiger partial charge >= 0.3 is 0 Å². The van der Waals surface area contributed by atoms with Gasteiger partial charge in [0.25, 0.3) is 5.91 Å². The number of ether oxygens (including phenoxy) is 1. The Kier molecular flexibility index (Phi) is 5.09. The second-order valence-corrected chi connectivity index (χ2v) is 8.90. The monoisotopic (exact) mass is 441 g/mol. The zero-order valence-corrected chi connectivity index (χ0v) is 18.0. The first-order valence-electron chi connectivity index (χ1n) is 9.89. The van der Waals surface area contributed by atoms with Crippen LogP contribution in [0.15, 0.2) is 56.6 Å². The Labute approximate surface area is 183 Å². The van der Waals surface area contributed by atoms with Crippen LogP contribution in [0.5, 0.6) is 0 Å². The van der Waals surface area contributed by atoms with Gasteiger partial charge in [0, 0.05) is 23.1 Å². The molecular formula is C23H20ClNO4S. The Morgan fingerprint density at radius 1 is 1.17 bits per heavy atom. The Balaban J connectivity index is 1.69. The molecule has 0 bridgehead atoms. The third-order valence-corrected chi connectivity index (χ3v) is 6.76. The van der Waals surface area contributed by atoms with Gasteiger partial charge in [0.05, 0.1) is 23.1 Å². The Morgan fingerprint density at radius 2 is 1.97 bits per heavy atom. The van der Waals surface area contributed by atoms with Gasteiger partial charge in [-0.3, -0.25) is 9.59 Å². The minimum atomic E-state index is -0.507. The third kappa shape index (κ3) is 3.23. The predicted molar refractivity (Wildman–Crippen MR) is 118 cm³/mol. The number of fused-ring (bicyclic) bond motifs is 2. The number of halogens is 1. The van der Waals surface area contributed by atoms with Crippen LogP contribution in [0.25, 0.3) is 11.0 Å². The molecule has 2 aliphatic heterocycles. The molecule has 2 aliphatic rings. The van der Waals surface area contributed by atoms with E-state index in [1.165, 1.54) is 0 Å². The molecule has 30 heavy (non-hydrogen) atoms. The number of nitrogens with zero attached hydrogens (tertiary/aromatic N) is 1. The highest BCUT2D eigenvalue weighted by atomic mass is 35.5. The molecule has 1 amide bonds. The molecular weight excluding hydrogens is 422 g/mol. The van der Waals surface area contributed by atoms with E-state index in [0.29, 0.717) is 34.7 Å². The van der Waals surface area contributed by atoms with Gasteiger partial charge in [-0.25, -0.2) is 0 Å². The summed E-state index contributed by atoms with van der Waals surface area (Å²) < 4.78 is 11.7. The lowest BCUT2D eigenvalue weighted by atomic mass is 9.98. The highest BCUT2D eigenvalue weighted by Gasteiger charge is 2.43. The number of benzene rings is 2. The van der Waals surface area contributed by atoms with Gasteiger partial charge in [-0.2, -0.15) is 0 Å². The quantitative estimate of drug-likeness (QED) is 0.539. The molecule has 0 N–H and O–H groups in total. The SMILES string of the molecule is CSc1ccc([C@H]2c3c(oc4ccc(Cl)cc4c3=O)C(=O)N2C[C@@H]2CCCO2)cc1. The number of hydrogen-bond donors (Lipinski definition) is 0. The summed E-state index contributed by atoms with van der Waals surface area (Å²) in [6.07, 6.45) is 3.86. The molecule has 0 spiro atoms. The van der Waals surface area contributed by atoms with E-state index < -0.39 is 6.04 Å². The molecule has 2 atom stereocenters. The predicted octanol–water partition coefficient (Wildman–Crippen LogP) is 4.89. The lowest BCUT2D eigenvalue weighted by molar-refractivity contribution is 0.0486. The van der Waals surface area contributed by atoms with Crippen molar-refractivity contribution in [3.63, 3.8) is 0 Å². The zero-order chi connectivity index (χ0) is 20.8. The van der Waals surface area contributed by atoms with E-state index in [0.717, 1.165) is 23.3 Å². The number of carbonyl (C=O) groups is 1. The van der Waals surface area contributed by atoms with Crippen molar-refractivity contribution < 1.29 is 13.9 Å². The first-order valence-corrected chi connectivity index (χ1v) is 11.5. The number of carbonyl (C=O) groups excluding carboxylic acids is 1. The molecule has 1 fully saturated rings. The van der Waals surface area contributed by atoms with E-state index in [1.807, 2.05) is 30.5 Å². The van der Waals surface area contributed by atoms with Crippen molar-refractivity contribution in [3.8, 4) is 0 Å². The maximum atomic E-state index is 13.5. The normalized spacial score (nSPS) is 20.9. The molecule has 0 radical (unpaired) electrons. The molecule has 7 heteroatoms. The minimum Gasteiger partial charge on any atom is -0.450 e.